The van der Waals surface area contributed by atoms with Crippen LogP contribution in [0.1, 0.15) is 54.9 Å². The second kappa shape index (κ2) is 5.02. The molecule has 0 rings (SSSR count). The highest BCUT2D eigenvalue weighted by Gasteiger charge is 2.25. The number of hydrogen-bond acceptors (Lipinski definition) is 2. The number of nitrogens with two attached hydrogens (primary N) is 1. The third kappa shape index (κ3) is 4.70. The lowest BCUT2D eigenvalue weighted by molar-refractivity contribution is 0.146. The summed E-state index contributed by atoms with van der Waals surface area (Å²) in [6.45, 7) is 15.3. The molecule has 0 saturated heterocycles. The molecule has 0 aromatic rings. The highest BCUT2D eigenvalue weighted by atomic mass is 16.6. The van der Waals surface area contributed by atoms with Gasteiger partial charge in [-0.2, -0.15) is 5.90 Å². The lowest BCUT2D eigenvalue weighted by atomic mass is 9.77. The van der Waals surface area contributed by atoms with Crippen LogP contribution in [0, 0.1) is 16.7 Å². The first kappa shape index (κ1) is 14.5. The second-order valence-corrected chi connectivity index (χ2v) is 6.28. The first-order valence-electron chi connectivity index (χ1n) is 5.72. The van der Waals surface area contributed by atoms with Gasteiger partial charge in [-0.15, -0.1) is 0 Å². The Bertz CT molecular complexity index is 218. The van der Waals surface area contributed by atoms with Gasteiger partial charge in [0, 0.05) is 5.41 Å². The molecule has 2 nitrogen and oxygen atoms in total. The van der Waals surface area contributed by atoms with Crippen LogP contribution >= 0.6 is 0 Å². The molecule has 0 aliphatic rings. The van der Waals surface area contributed by atoms with Crippen molar-refractivity contribution >= 4 is 0 Å². The van der Waals surface area contributed by atoms with Gasteiger partial charge in [-0.3, -0.25) is 0 Å². The van der Waals surface area contributed by atoms with Crippen molar-refractivity contribution in [1.29, 1.82) is 0 Å². The summed E-state index contributed by atoms with van der Waals surface area (Å²) in [6, 6.07) is 0. The van der Waals surface area contributed by atoms with Gasteiger partial charge in [-0.1, -0.05) is 48.5 Å². The second-order valence-electron chi connectivity index (χ2n) is 6.28. The first-order chi connectivity index (χ1) is 6.62. The predicted octanol–water partition coefficient (Wildman–Crippen LogP) is 3.88. The van der Waals surface area contributed by atoms with Crippen LogP contribution in [0.15, 0.2) is 11.8 Å². The smallest absolute Gasteiger partial charge is 0.125 e. The number of rotatable bonds is 3. The Morgan fingerprint density at radius 3 is 1.87 bits per heavy atom. The lowest BCUT2D eigenvalue weighted by Crippen LogP contribution is -2.22. The van der Waals surface area contributed by atoms with Crippen molar-refractivity contribution in [3.8, 4) is 0 Å². The Morgan fingerprint density at radius 1 is 1.20 bits per heavy atom. The largest absolute Gasteiger partial charge is 0.416 e. The molecule has 0 amide bonds. The number of hydrogen-bond donors (Lipinski definition) is 1. The molecule has 0 bridgehead atoms. The normalized spacial score (nSPS) is 16.4. The molecule has 2 heteroatoms. The molecule has 15 heavy (non-hydrogen) atoms. The van der Waals surface area contributed by atoms with Gasteiger partial charge in [-0.25, -0.2) is 0 Å². The van der Waals surface area contributed by atoms with E-state index in [2.05, 4.69) is 54.5 Å². The molecule has 0 aliphatic heterocycles. The van der Waals surface area contributed by atoms with E-state index in [1.807, 2.05) is 0 Å². The average Bonchev–Trinajstić information content (AvgIpc) is 2.01. The van der Waals surface area contributed by atoms with E-state index in [0.29, 0.717) is 5.92 Å². The zero-order valence-corrected chi connectivity index (χ0v) is 11.3. The molecule has 0 aliphatic carbocycles. The summed E-state index contributed by atoms with van der Waals surface area (Å²) >= 11 is 0. The molecule has 0 radical (unpaired) electrons. The molecule has 0 aromatic carbocycles. The zero-order chi connectivity index (χ0) is 12.3. The highest BCUT2D eigenvalue weighted by Crippen LogP contribution is 2.34. The van der Waals surface area contributed by atoms with E-state index in [1.54, 1.807) is 0 Å². The third-order valence-corrected chi connectivity index (χ3v) is 2.77. The summed E-state index contributed by atoms with van der Waals surface area (Å²) < 4.78 is 0. The van der Waals surface area contributed by atoms with Crippen LogP contribution in [0.25, 0.3) is 0 Å². The number of allylic oxidation sites excluding steroid dienone is 2. The quantitative estimate of drug-likeness (QED) is 0.570. The van der Waals surface area contributed by atoms with E-state index in [0.717, 1.165) is 12.2 Å². The maximum atomic E-state index is 5.34. The van der Waals surface area contributed by atoms with Gasteiger partial charge in [0.1, 0.15) is 5.76 Å². The highest BCUT2D eigenvalue weighted by molar-refractivity contribution is 5.06. The van der Waals surface area contributed by atoms with E-state index in [-0.39, 0.29) is 10.8 Å². The van der Waals surface area contributed by atoms with E-state index in [4.69, 9.17) is 10.7 Å². The van der Waals surface area contributed by atoms with E-state index >= 15 is 0 Å². The van der Waals surface area contributed by atoms with Crippen LogP contribution in [-0.4, -0.2) is 0 Å². The van der Waals surface area contributed by atoms with E-state index in [1.165, 1.54) is 0 Å². The molecular weight excluding hydrogens is 186 g/mol. The summed E-state index contributed by atoms with van der Waals surface area (Å²) in [5.74, 6) is 6.71. The van der Waals surface area contributed by atoms with E-state index < -0.39 is 0 Å². The Hall–Kier alpha value is -0.500. The summed E-state index contributed by atoms with van der Waals surface area (Å²) in [5.41, 5.74) is 0.233. The third-order valence-electron chi connectivity index (χ3n) is 2.77. The minimum absolute atomic E-state index is 0.0204. The molecular formula is C13H27NO. The lowest BCUT2D eigenvalue weighted by Gasteiger charge is -2.30. The Balaban J connectivity index is 4.96. The standard InChI is InChI=1S/C13H27NO/c1-8-10(12(2,3)4)9-11(15-14)13(5,6)7/h9-10H,8,14H2,1-7H3/b11-9-. The topological polar surface area (TPSA) is 35.2 Å². The van der Waals surface area contributed by atoms with Crippen LogP contribution in [0.5, 0.6) is 0 Å². The summed E-state index contributed by atoms with van der Waals surface area (Å²) in [6.07, 6.45) is 3.28. The van der Waals surface area contributed by atoms with Crippen LogP contribution in [0.2, 0.25) is 0 Å². The fraction of sp³-hybridized carbons (Fsp3) is 0.846. The minimum atomic E-state index is -0.0204. The van der Waals surface area contributed by atoms with Crippen LogP contribution < -0.4 is 5.90 Å². The predicted molar refractivity (Wildman–Crippen MR) is 66.0 cm³/mol. The molecule has 0 aromatic heterocycles. The maximum absolute atomic E-state index is 5.34. The molecule has 0 heterocycles. The van der Waals surface area contributed by atoms with Crippen LogP contribution in [0.4, 0.5) is 0 Å². The van der Waals surface area contributed by atoms with Gasteiger partial charge < -0.3 is 4.84 Å². The van der Waals surface area contributed by atoms with Gasteiger partial charge in [0.15, 0.2) is 0 Å². The Morgan fingerprint density at radius 2 is 1.67 bits per heavy atom. The SMILES string of the molecule is CCC(/C=C(\ON)C(C)(C)C)C(C)(C)C. The van der Waals surface area contributed by atoms with Crippen molar-refractivity contribution in [1.82, 2.24) is 0 Å². The maximum Gasteiger partial charge on any atom is 0.125 e. The molecule has 0 fully saturated rings. The summed E-state index contributed by atoms with van der Waals surface area (Å²) in [7, 11) is 0. The van der Waals surface area contributed by atoms with Gasteiger partial charge in [-0.05, 0) is 23.8 Å². The molecule has 90 valence electrons. The van der Waals surface area contributed by atoms with Crippen LogP contribution in [-0.2, 0) is 4.84 Å². The van der Waals surface area contributed by atoms with Crippen molar-refractivity contribution in [2.24, 2.45) is 22.6 Å². The summed E-state index contributed by atoms with van der Waals surface area (Å²) in [5, 5.41) is 0. The zero-order valence-electron chi connectivity index (χ0n) is 11.3. The van der Waals surface area contributed by atoms with Gasteiger partial charge in [0.05, 0.1) is 0 Å². The van der Waals surface area contributed by atoms with Gasteiger partial charge in [0.25, 0.3) is 0 Å². The fourth-order valence-corrected chi connectivity index (χ4v) is 1.63. The molecule has 0 spiro atoms. The van der Waals surface area contributed by atoms with E-state index in [9.17, 15) is 0 Å². The summed E-state index contributed by atoms with van der Waals surface area (Å²) in [4.78, 5) is 5.00. The monoisotopic (exact) mass is 213 g/mol. The Kier molecular flexibility index (Phi) is 4.85. The van der Waals surface area contributed by atoms with Crippen molar-refractivity contribution in [3.63, 3.8) is 0 Å². The van der Waals surface area contributed by atoms with Gasteiger partial charge >= 0.3 is 0 Å². The van der Waals surface area contributed by atoms with Crippen molar-refractivity contribution in [3.05, 3.63) is 11.8 Å². The van der Waals surface area contributed by atoms with Crippen molar-refractivity contribution in [2.75, 3.05) is 0 Å². The molecule has 1 unspecified atom stereocenters. The Labute approximate surface area is 94.8 Å². The molecule has 0 saturated carbocycles. The molecule has 1 atom stereocenters. The average molecular weight is 213 g/mol. The van der Waals surface area contributed by atoms with Crippen molar-refractivity contribution < 1.29 is 4.84 Å². The molecule has 2 N–H and O–H groups in total. The van der Waals surface area contributed by atoms with Crippen LogP contribution in [0.3, 0.4) is 0 Å². The first-order valence-corrected chi connectivity index (χ1v) is 5.72. The van der Waals surface area contributed by atoms with Gasteiger partial charge in [0.2, 0.25) is 0 Å². The fourth-order valence-electron chi connectivity index (χ4n) is 1.63. The van der Waals surface area contributed by atoms with Crippen molar-refractivity contribution in [2.45, 2.75) is 54.9 Å². The minimum Gasteiger partial charge on any atom is -0.416 e.